The first-order valence-corrected chi connectivity index (χ1v) is 25.7. The number of benzene rings is 10. The molecule has 3 nitrogen and oxygen atoms in total. The van der Waals surface area contributed by atoms with Crippen LogP contribution in [0.1, 0.15) is 0 Å². The molecule has 0 saturated heterocycles. The van der Waals surface area contributed by atoms with Gasteiger partial charge in [-0.15, -0.1) is 0 Å². The summed E-state index contributed by atoms with van der Waals surface area (Å²) in [5.74, 6) is 0. The Hall–Kier alpha value is -8.23. The van der Waals surface area contributed by atoms with Gasteiger partial charge in [0.1, 0.15) is 7.14 Å². The van der Waals surface area contributed by atoms with Crippen molar-refractivity contribution in [1.82, 2.24) is 9.97 Å². The summed E-state index contributed by atoms with van der Waals surface area (Å²) in [4.78, 5) is 8.82. The maximum absolute atomic E-state index is 13.3. The molecule has 12 rings (SSSR count). The van der Waals surface area contributed by atoms with E-state index in [1.165, 1.54) is 76.6 Å². The van der Waals surface area contributed by atoms with Crippen LogP contribution in [0, 0.1) is 0 Å². The van der Waals surface area contributed by atoms with Crippen LogP contribution in [0.3, 0.4) is 0 Å². The van der Waals surface area contributed by atoms with Crippen LogP contribution >= 0.6 is 7.14 Å². The Morgan fingerprint density at radius 2 is 0.662 bits per heavy atom. The molecule has 0 spiro atoms. The highest BCUT2D eigenvalue weighted by molar-refractivity contribution is 7.70. The molecule has 0 unspecified atom stereocenters. The molecule has 10 aromatic carbocycles. The average Bonchev–Trinajstić information content (AvgIpc) is 3.40. The topological polar surface area (TPSA) is 42.9 Å². The third kappa shape index (κ3) is 7.29. The van der Waals surface area contributed by atoms with E-state index in [1.54, 1.807) is 0 Å². The van der Waals surface area contributed by atoms with Crippen LogP contribution in [-0.4, -0.2) is 23.3 Å². The van der Waals surface area contributed by atoms with Crippen molar-refractivity contribution in [2.45, 2.75) is 0 Å². The first-order chi connectivity index (χ1) is 33.4. The fourth-order valence-corrected chi connectivity index (χ4v) is 11.2. The van der Waals surface area contributed by atoms with E-state index in [4.69, 9.17) is 0 Å². The van der Waals surface area contributed by atoms with Gasteiger partial charge >= 0.3 is 0 Å². The van der Waals surface area contributed by atoms with Crippen molar-refractivity contribution < 1.29 is 4.57 Å². The van der Waals surface area contributed by atoms with Gasteiger partial charge in [0.2, 0.25) is 0 Å². The van der Waals surface area contributed by atoms with Crippen molar-refractivity contribution in [3.63, 3.8) is 0 Å². The predicted molar refractivity (Wildman–Crippen MR) is 289 cm³/mol. The number of hydrogen-bond donors (Lipinski definition) is 0. The lowest BCUT2D eigenvalue weighted by molar-refractivity contribution is 0.588. The minimum Gasteiger partial charge on any atom is -0.319 e. The smallest absolute Gasteiger partial charge is 0.109 e. The molecule has 0 saturated carbocycles. The summed E-state index contributed by atoms with van der Waals surface area (Å²) in [6.45, 7) is 3.69. The van der Waals surface area contributed by atoms with E-state index < -0.39 is 7.14 Å². The van der Waals surface area contributed by atoms with Gasteiger partial charge in [-0.3, -0.25) is 9.97 Å². The van der Waals surface area contributed by atoms with E-state index >= 15 is 0 Å². The first-order valence-electron chi connectivity index (χ1n) is 23.1. The maximum atomic E-state index is 13.3. The van der Waals surface area contributed by atoms with Crippen LogP contribution in [0.15, 0.2) is 237 Å². The third-order valence-corrected chi connectivity index (χ3v) is 15.1. The highest BCUT2D eigenvalue weighted by Crippen LogP contribution is 2.47. The van der Waals surface area contributed by atoms with Crippen molar-refractivity contribution in [2.24, 2.45) is 0 Å². The summed E-state index contributed by atoms with van der Waals surface area (Å²) in [6.07, 6.45) is 7.51. The van der Waals surface area contributed by atoms with Gasteiger partial charge in [-0.2, -0.15) is 0 Å². The molecule has 0 aliphatic heterocycles. The number of nitrogens with zero attached hydrogens (tertiary/aromatic N) is 2. The quantitative estimate of drug-likeness (QED) is 0.113. The second-order valence-electron chi connectivity index (χ2n) is 18.0. The molecule has 68 heavy (non-hydrogen) atoms. The Morgan fingerprint density at radius 3 is 1.10 bits per heavy atom. The molecular formula is C64H45N2OP. The zero-order valence-electron chi connectivity index (χ0n) is 37.8. The van der Waals surface area contributed by atoms with Gasteiger partial charge in [0.15, 0.2) is 0 Å². The number of fused-ring (bicyclic) bond motifs is 4. The molecule has 2 aromatic heterocycles. The molecule has 0 bridgehead atoms. The summed E-state index contributed by atoms with van der Waals surface area (Å²) in [6, 6.07) is 76.7. The zero-order valence-corrected chi connectivity index (χ0v) is 38.7. The Balaban J connectivity index is 1.02. The standard InChI is InChI=1S/C64H45N2OP/c1-68(2,67)50-15-9-12-46(38-50)47-30-31-61-62(39-47)64(45-28-24-43(25-29-45)52-33-35-54(49-14-11-37-66-41-49)58-19-6-4-17-56(52)58)60-21-8-7-20-59(60)63(61)44-26-22-42(23-27-44)51-32-34-53(48-13-10-36-65-40-48)57-18-5-3-16-55(51)57/h3-41H,1-2H3. The van der Waals surface area contributed by atoms with Crippen LogP contribution < -0.4 is 5.30 Å². The Labute approximate surface area is 396 Å². The molecule has 0 N–H and O–H groups in total. The molecule has 0 fully saturated rings. The number of hydrogen-bond acceptors (Lipinski definition) is 3. The number of aromatic nitrogens is 2. The van der Waals surface area contributed by atoms with E-state index in [0.717, 1.165) is 49.6 Å². The van der Waals surface area contributed by atoms with Gasteiger partial charge in [-0.1, -0.05) is 188 Å². The fourth-order valence-electron chi connectivity index (χ4n) is 10.3. The molecule has 0 aliphatic rings. The highest BCUT2D eigenvalue weighted by atomic mass is 31.2. The van der Waals surface area contributed by atoms with E-state index in [2.05, 4.69) is 198 Å². The lowest BCUT2D eigenvalue weighted by Gasteiger charge is -2.20. The molecule has 322 valence electrons. The lowest BCUT2D eigenvalue weighted by atomic mass is 9.84. The van der Waals surface area contributed by atoms with Gasteiger partial charge in [0.25, 0.3) is 0 Å². The molecule has 2 heterocycles. The van der Waals surface area contributed by atoms with E-state index in [9.17, 15) is 4.57 Å². The lowest BCUT2D eigenvalue weighted by Crippen LogP contribution is -2.02. The minimum atomic E-state index is -2.48. The largest absolute Gasteiger partial charge is 0.319 e. The van der Waals surface area contributed by atoms with Gasteiger partial charge in [0, 0.05) is 41.2 Å². The molecule has 0 radical (unpaired) electrons. The molecule has 12 aromatic rings. The van der Waals surface area contributed by atoms with Crippen molar-refractivity contribution in [3.8, 4) is 77.9 Å². The Bertz CT molecular complexity index is 3930. The molecule has 0 aliphatic carbocycles. The van der Waals surface area contributed by atoms with Crippen molar-refractivity contribution >= 4 is 55.5 Å². The summed E-state index contributed by atoms with van der Waals surface area (Å²) in [5.41, 5.74) is 16.1. The fraction of sp³-hybridized carbons (Fsp3) is 0.0312. The van der Waals surface area contributed by atoms with Crippen LogP contribution in [0.2, 0.25) is 0 Å². The zero-order chi connectivity index (χ0) is 45.8. The van der Waals surface area contributed by atoms with Crippen LogP contribution in [0.25, 0.3) is 121 Å². The Kier molecular flexibility index (Phi) is 10.2. The number of pyridine rings is 2. The second-order valence-corrected chi connectivity index (χ2v) is 21.2. The summed E-state index contributed by atoms with van der Waals surface area (Å²) >= 11 is 0. The summed E-state index contributed by atoms with van der Waals surface area (Å²) in [7, 11) is -2.48. The summed E-state index contributed by atoms with van der Waals surface area (Å²) in [5, 5.41) is 10.4. The molecule has 0 atom stereocenters. The average molecular weight is 889 g/mol. The highest BCUT2D eigenvalue weighted by Gasteiger charge is 2.20. The number of rotatable bonds is 8. The monoisotopic (exact) mass is 888 g/mol. The predicted octanol–water partition coefficient (Wildman–Crippen LogP) is 17.0. The van der Waals surface area contributed by atoms with Crippen molar-refractivity contribution in [3.05, 3.63) is 237 Å². The van der Waals surface area contributed by atoms with Crippen LogP contribution in [0.5, 0.6) is 0 Å². The molecular weight excluding hydrogens is 844 g/mol. The van der Waals surface area contributed by atoms with Crippen LogP contribution in [-0.2, 0) is 4.57 Å². The summed E-state index contributed by atoms with van der Waals surface area (Å²) < 4.78 is 13.3. The maximum Gasteiger partial charge on any atom is 0.109 e. The minimum absolute atomic E-state index is 0.880. The van der Waals surface area contributed by atoms with E-state index in [0.29, 0.717) is 0 Å². The van der Waals surface area contributed by atoms with Gasteiger partial charge in [-0.25, -0.2) is 0 Å². The van der Waals surface area contributed by atoms with E-state index in [-0.39, 0.29) is 0 Å². The van der Waals surface area contributed by atoms with Crippen LogP contribution in [0.4, 0.5) is 0 Å². The van der Waals surface area contributed by atoms with Crippen molar-refractivity contribution in [2.75, 3.05) is 13.3 Å². The molecule has 4 heteroatoms. The Morgan fingerprint density at radius 1 is 0.294 bits per heavy atom. The van der Waals surface area contributed by atoms with Gasteiger partial charge in [-0.05, 0) is 147 Å². The first kappa shape index (κ1) is 41.2. The van der Waals surface area contributed by atoms with E-state index in [1.807, 2.05) is 62.4 Å². The van der Waals surface area contributed by atoms with Gasteiger partial charge < -0.3 is 4.57 Å². The third-order valence-electron chi connectivity index (χ3n) is 13.6. The SMILES string of the molecule is CP(C)(=O)c1cccc(-c2ccc3c(-c4ccc(-c5ccc(-c6cccnc6)c6ccccc56)cc4)c4ccccc4c(-c4ccc(-c5ccc(-c6cccnc6)c6ccccc56)cc4)c3c2)c1. The molecule has 0 amide bonds. The van der Waals surface area contributed by atoms with Crippen molar-refractivity contribution in [1.29, 1.82) is 0 Å². The normalized spacial score (nSPS) is 11.7. The van der Waals surface area contributed by atoms with Gasteiger partial charge in [0.05, 0.1) is 0 Å². The second kappa shape index (κ2) is 16.9.